The number of rotatable bonds is 5. The molecular formula is C13H14Cl2N4O2. The highest BCUT2D eigenvalue weighted by molar-refractivity contribution is 6.42. The maximum Gasteiger partial charge on any atom is 0.257 e. The van der Waals surface area contributed by atoms with Crippen LogP contribution in [0.4, 0.5) is 11.8 Å². The summed E-state index contributed by atoms with van der Waals surface area (Å²) >= 11 is 11.8. The average Bonchev–Trinajstić information content (AvgIpc) is 2.44. The molecular weight excluding hydrogens is 315 g/mol. The van der Waals surface area contributed by atoms with Gasteiger partial charge in [-0.05, 0) is 17.7 Å². The number of nitrogen functional groups attached to an aromatic ring is 1. The van der Waals surface area contributed by atoms with Gasteiger partial charge < -0.3 is 16.2 Å². The van der Waals surface area contributed by atoms with E-state index in [0.717, 1.165) is 5.56 Å². The first-order chi connectivity index (χ1) is 10.0. The second-order valence-corrected chi connectivity index (χ2v) is 5.13. The molecule has 0 spiro atoms. The van der Waals surface area contributed by atoms with Crippen molar-refractivity contribution in [2.24, 2.45) is 0 Å². The number of aliphatic hydroxyl groups excluding tert-OH is 1. The normalized spacial score (nSPS) is 10.6. The van der Waals surface area contributed by atoms with Crippen LogP contribution >= 0.6 is 23.2 Å². The zero-order valence-electron chi connectivity index (χ0n) is 11.0. The summed E-state index contributed by atoms with van der Waals surface area (Å²) in [5.74, 6) is 0.408. The topological polar surface area (TPSA) is 93.2 Å². The van der Waals surface area contributed by atoms with Gasteiger partial charge in [0.05, 0.1) is 23.2 Å². The van der Waals surface area contributed by atoms with Gasteiger partial charge in [0.2, 0.25) is 5.95 Å². The van der Waals surface area contributed by atoms with Crippen molar-refractivity contribution in [3.8, 4) is 0 Å². The van der Waals surface area contributed by atoms with E-state index in [1.807, 2.05) is 6.07 Å². The Hall–Kier alpha value is -1.76. The molecule has 0 fully saturated rings. The predicted molar refractivity (Wildman–Crippen MR) is 83.8 cm³/mol. The Kier molecular flexibility index (Phi) is 5.06. The second-order valence-electron chi connectivity index (χ2n) is 4.32. The number of anilines is 2. The fraction of sp³-hybridized carbons (Fsp3) is 0.231. The van der Waals surface area contributed by atoms with E-state index >= 15 is 0 Å². The Morgan fingerprint density at radius 1 is 1.29 bits per heavy atom. The lowest BCUT2D eigenvalue weighted by Gasteiger charge is -2.10. The molecule has 21 heavy (non-hydrogen) atoms. The number of nitrogens with two attached hydrogens (primary N) is 1. The van der Waals surface area contributed by atoms with Gasteiger partial charge in [0.1, 0.15) is 5.82 Å². The van der Waals surface area contributed by atoms with Gasteiger partial charge in [-0.15, -0.1) is 0 Å². The maximum absolute atomic E-state index is 11.8. The summed E-state index contributed by atoms with van der Waals surface area (Å²) in [6.07, 6.45) is 0. The Morgan fingerprint density at radius 2 is 2.05 bits per heavy atom. The summed E-state index contributed by atoms with van der Waals surface area (Å²) in [5.41, 5.74) is 6.25. The van der Waals surface area contributed by atoms with E-state index in [-0.39, 0.29) is 24.7 Å². The molecule has 8 heteroatoms. The van der Waals surface area contributed by atoms with Gasteiger partial charge in [-0.3, -0.25) is 9.36 Å². The molecule has 0 unspecified atom stereocenters. The van der Waals surface area contributed by atoms with Gasteiger partial charge in [-0.2, -0.15) is 4.98 Å². The van der Waals surface area contributed by atoms with E-state index in [0.29, 0.717) is 22.4 Å². The van der Waals surface area contributed by atoms with E-state index in [4.69, 9.17) is 34.0 Å². The molecule has 1 aromatic heterocycles. The zero-order valence-corrected chi connectivity index (χ0v) is 12.5. The van der Waals surface area contributed by atoms with Crippen molar-refractivity contribution in [3.63, 3.8) is 0 Å². The number of hydrogen-bond acceptors (Lipinski definition) is 5. The maximum atomic E-state index is 11.8. The zero-order chi connectivity index (χ0) is 15.4. The van der Waals surface area contributed by atoms with Crippen LogP contribution in [0.1, 0.15) is 5.56 Å². The van der Waals surface area contributed by atoms with Gasteiger partial charge in [0.15, 0.2) is 0 Å². The SMILES string of the molecule is Nc1nc(NCc2ccc(Cl)c(Cl)c2)cc(=O)n1CCO. The summed E-state index contributed by atoms with van der Waals surface area (Å²) in [7, 11) is 0. The first kappa shape index (κ1) is 15.6. The van der Waals surface area contributed by atoms with Crippen LogP contribution in [0.15, 0.2) is 29.1 Å². The minimum Gasteiger partial charge on any atom is -0.395 e. The quantitative estimate of drug-likeness (QED) is 0.777. The molecule has 0 amide bonds. The molecule has 0 aliphatic carbocycles. The molecule has 0 radical (unpaired) electrons. The van der Waals surface area contributed by atoms with Crippen LogP contribution in [-0.2, 0) is 13.1 Å². The van der Waals surface area contributed by atoms with Crippen LogP contribution in [0.5, 0.6) is 0 Å². The van der Waals surface area contributed by atoms with E-state index < -0.39 is 0 Å². The number of hydrogen-bond donors (Lipinski definition) is 3. The fourth-order valence-electron chi connectivity index (χ4n) is 1.78. The predicted octanol–water partition coefficient (Wildman–Crippen LogP) is 1.74. The molecule has 6 nitrogen and oxygen atoms in total. The average molecular weight is 329 g/mol. The molecule has 0 saturated carbocycles. The van der Waals surface area contributed by atoms with Gasteiger partial charge in [0.25, 0.3) is 5.56 Å². The Bertz CT molecular complexity index is 703. The van der Waals surface area contributed by atoms with E-state index in [9.17, 15) is 4.79 Å². The van der Waals surface area contributed by atoms with Crippen LogP contribution < -0.4 is 16.6 Å². The number of nitrogens with zero attached hydrogens (tertiary/aromatic N) is 2. The number of aliphatic hydroxyl groups is 1. The molecule has 2 aromatic rings. The van der Waals surface area contributed by atoms with Crippen molar-refractivity contribution in [2.45, 2.75) is 13.1 Å². The van der Waals surface area contributed by atoms with Crippen molar-refractivity contribution < 1.29 is 5.11 Å². The van der Waals surface area contributed by atoms with Gasteiger partial charge in [0, 0.05) is 12.6 Å². The van der Waals surface area contributed by atoms with Gasteiger partial charge >= 0.3 is 0 Å². The lowest BCUT2D eigenvalue weighted by molar-refractivity contribution is 0.274. The number of aromatic nitrogens is 2. The highest BCUT2D eigenvalue weighted by Crippen LogP contribution is 2.22. The molecule has 1 aromatic carbocycles. The number of nitrogens with one attached hydrogen (secondary N) is 1. The Balaban J connectivity index is 2.13. The van der Waals surface area contributed by atoms with Crippen LogP contribution in [0.3, 0.4) is 0 Å². The van der Waals surface area contributed by atoms with Gasteiger partial charge in [-0.1, -0.05) is 29.3 Å². The summed E-state index contributed by atoms with van der Waals surface area (Å²) < 4.78 is 1.20. The molecule has 0 aliphatic heterocycles. The van der Waals surface area contributed by atoms with Crippen LogP contribution in [0, 0.1) is 0 Å². The molecule has 0 saturated heterocycles. The third kappa shape index (κ3) is 3.87. The largest absolute Gasteiger partial charge is 0.395 e. The van der Waals surface area contributed by atoms with E-state index in [2.05, 4.69) is 10.3 Å². The highest BCUT2D eigenvalue weighted by atomic mass is 35.5. The standard InChI is InChI=1S/C13H14Cl2N4O2/c14-9-2-1-8(5-10(9)15)7-17-11-6-12(21)19(3-4-20)13(16)18-11/h1-2,5-6,17,20H,3-4,7H2,(H2,16,18). The summed E-state index contributed by atoms with van der Waals surface area (Å²) in [6, 6.07) is 6.57. The first-order valence-corrected chi connectivity index (χ1v) is 6.93. The number of benzene rings is 1. The molecule has 1 heterocycles. The van der Waals surface area contributed by atoms with Crippen molar-refractivity contribution in [1.29, 1.82) is 0 Å². The highest BCUT2D eigenvalue weighted by Gasteiger charge is 2.06. The molecule has 0 aliphatic rings. The molecule has 0 bridgehead atoms. The summed E-state index contributed by atoms with van der Waals surface area (Å²) in [4.78, 5) is 15.9. The first-order valence-electron chi connectivity index (χ1n) is 6.17. The summed E-state index contributed by atoms with van der Waals surface area (Å²) in [5, 5.41) is 12.8. The Labute approximate surface area is 131 Å². The smallest absolute Gasteiger partial charge is 0.257 e. The van der Waals surface area contributed by atoms with Gasteiger partial charge in [-0.25, -0.2) is 0 Å². The molecule has 4 N–H and O–H groups in total. The lowest BCUT2D eigenvalue weighted by atomic mass is 10.2. The summed E-state index contributed by atoms with van der Waals surface area (Å²) in [6.45, 7) is 0.360. The van der Waals surface area contributed by atoms with Crippen LogP contribution in [0.25, 0.3) is 0 Å². The minimum absolute atomic E-state index is 0.0492. The minimum atomic E-state index is -0.326. The van der Waals surface area contributed by atoms with E-state index in [1.165, 1.54) is 10.6 Å². The molecule has 2 rings (SSSR count). The van der Waals surface area contributed by atoms with Crippen molar-refractivity contribution in [2.75, 3.05) is 17.7 Å². The van der Waals surface area contributed by atoms with Crippen molar-refractivity contribution in [1.82, 2.24) is 9.55 Å². The van der Waals surface area contributed by atoms with Crippen LogP contribution in [0.2, 0.25) is 10.0 Å². The second kappa shape index (κ2) is 6.80. The molecule has 0 atom stereocenters. The van der Waals surface area contributed by atoms with Crippen molar-refractivity contribution >= 4 is 35.0 Å². The van der Waals surface area contributed by atoms with Crippen LogP contribution in [-0.4, -0.2) is 21.3 Å². The lowest BCUT2D eigenvalue weighted by Crippen LogP contribution is -2.25. The fourth-order valence-corrected chi connectivity index (χ4v) is 2.10. The monoisotopic (exact) mass is 328 g/mol. The van der Waals surface area contributed by atoms with Crippen molar-refractivity contribution in [3.05, 3.63) is 50.2 Å². The molecule has 112 valence electrons. The number of halogens is 2. The third-order valence-electron chi connectivity index (χ3n) is 2.82. The Morgan fingerprint density at radius 3 is 2.67 bits per heavy atom. The van der Waals surface area contributed by atoms with E-state index in [1.54, 1.807) is 12.1 Å². The third-order valence-corrected chi connectivity index (χ3v) is 3.56.